The van der Waals surface area contributed by atoms with Crippen molar-refractivity contribution in [2.45, 2.75) is 20.0 Å². The lowest BCUT2D eigenvalue weighted by atomic mass is 10.2. The van der Waals surface area contributed by atoms with E-state index >= 15 is 0 Å². The number of thiazole rings is 1. The zero-order chi connectivity index (χ0) is 18.2. The van der Waals surface area contributed by atoms with Gasteiger partial charge in [-0.15, -0.1) is 35.3 Å². The van der Waals surface area contributed by atoms with E-state index in [-0.39, 0.29) is 36.3 Å². The lowest BCUT2D eigenvalue weighted by molar-refractivity contribution is 0.610. The first-order valence-electron chi connectivity index (χ1n) is 8.51. The van der Waals surface area contributed by atoms with Gasteiger partial charge in [0.15, 0.2) is 5.96 Å². The molecule has 0 aliphatic rings. The largest absolute Gasteiger partial charge is 0.357 e. The molecule has 142 valence electrons. The normalized spacial score (nSPS) is 11.0. The fraction of sp³-hybridized carbons (Fsp3) is 0.200. The van der Waals surface area contributed by atoms with Crippen LogP contribution in [0.5, 0.6) is 0 Å². The van der Waals surface area contributed by atoms with Crippen molar-refractivity contribution in [1.29, 1.82) is 0 Å². The second kappa shape index (κ2) is 11.0. The van der Waals surface area contributed by atoms with Gasteiger partial charge >= 0.3 is 0 Å². The number of rotatable bonds is 6. The molecular weight excluding hydrogens is 474 g/mol. The van der Waals surface area contributed by atoms with Crippen LogP contribution >= 0.6 is 35.3 Å². The van der Waals surface area contributed by atoms with Gasteiger partial charge in [-0.3, -0.25) is 0 Å². The van der Waals surface area contributed by atoms with E-state index < -0.39 is 0 Å². The minimum Gasteiger partial charge on any atom is -0.357 e. The molecule has 0 saturated heterocycles. The molecule has 0 unspecified atom stereocenters. The van der Waals surface area contributed by atoms with Gasteiger partial charge in [-0.05, 0) is 13.0 Å². The van der Waals surface area contributed by atoms with Gasteiger partial charge in [-0.25, -0.2) is 14.4 Å². The summed E-state index contributed by atoms with van der Waals surface area (Å²) in [7, 11) is 0. The van der Waals surface area contributed by atoms with E-state index in [0.29, 0.717) is 18.1 Å². The second-order valence-corrected chi connectivity index (χ2v) is 6.51. The fourth-order valence-corrected chi connectivity index (χ4v) is 3.23. The van der Waals surface area contributed by atoms with Crippen LogP contribution < -0.4 is 10.6 Å². The van der Waals surface area contributed by atoms with Crippen molar-refractivity contribution in [1.82, 2.24) is 15.6 Å². The first-order chi connectivity index (χ1) is 12.8. The average molecular weight is 496 g/mol. The summed E-state index contributed by atoms with van der Waals surface area (Å²) in [6.45, 7) is 3.58. The predicted molar refractivity (Wildman–Crippen MR) is 121 cm³/mol. The first-order valence-corrected chi connectivity index (χ1v) is 9.39. The Bertz CT molecular complexity index is 867. The SMILES string of the molecule is CCNC(=NCc1ccccc1F)NCc1csc(-c2ccccc2)n1.I. The number of aliphatic imine (C=N–C) groups is 1. The Morgan fingerprint density at radius 2 is 1.81 bits per heavy atom. The molecule has 0 amide bonds. The highest BCUT2D eigenvalue weighted by molar-refractivity contribution is 14.0. The Morgan fingerprint density at radius 1 is 1.07 bits per heavy atom. The summed E-state index contributed by atoms with van der Waals surface area (Å²) in [6.07, 6.45) is 0. The van der Waals surface area contributed by atoms with Gasteiger partial charge in [0, 0.05) is 23.1 Å². The van der Waals surface area contributed by atoms with Crippen LogP contribution in [0, 0.1) is 5.82 Å². The monoisotopic (exact) mass is 496 g/mol. The number of guanidine groups is 1. The van der Waals surface area contributed by atoms with Crippen molar-refractivity contribution in [2.24, 2.45) is 4.99 Å². The lowest BCUT2D eigenvalue weighted by Crippen LogP contribution is -2.36. The van der Waals surface area contributed by atoms with Gasteiger partial charge < -0.3 is 10.6 Å². The molecule has 1 heterocycles. The number of nitrogens with one attached hydrogen (secondary N) is 2. The summed E-state index contributed by atoms with van der Waals surface area (Å²) in [4.78, 5) is 9.11. The van der Waals surface area contributed by atoms with Crippen LogP contribution in [-0.2, 0) is 13.1 Å². The predicted octanol–water partition coefficient (Wildman–Crippen LogP) is 4.82. The van der Waals surface area contributed by atoms with Crippen molar-refractivity contribution in [3.8, 4) is 10.6 Å². The molecule has 3 aromatic rings. The molecule has 0 aliphatic carbocycles. The number of hydrogen-bond acceptors (Lipinski definition) is 3. The van der Waals surface area contributed by atoms with Gasteiger partial charge in [0.05, 0.1) is 18.8 Å². The zero-order valence-corrected chi connectivity index (χ0v) is 18.1. The molecule has 0 radical (unpaired) electrons. The minimum absolute atomic E-state index is 0. The summed E-state index contributed by atoms with van der Waals surface area (Å²) < 4.78 is 13.7. The maximum absolute atomic E-state index is 13.7. The standard InChI is InChI=1S/C20H21FN4S.HI/c1-2-22-20(23-12-16-10-6-7-11-18(16)21)24-13-17-14-26-19(25-17)15-8-4-3-5-9-15;/h3-11,14H,2,12-13H2,1H3,(H2,22,23,24);1H. The maximum Gasteiger partial charge on any atom is 0.191 e. The van der Waals surface area contributed by atoms with Crippen LogP contribution in [0.3, 0.4) is 0 Å². The molecule has 0 saturated carbocycles. The molecule has 0 spiro atoms. The van der Waals surface area contributed by atoms with Crippen LogP contribution in [0.4, 0.5) is 4.39 Å². The molecule has 4 nitrogen and oxygen atoms in total. The highest BCUT2D eigenvalue weighted by Gasteiger charge is 2.06. The van der Waals surface area contributed by atoms with Crippen LogP contribution in [0.1, 0.15) is 18.2 Å². The molecule has 27 heavy (non-hydrogen) atoms. The number of halogens is 2. The molecule has 2 N–H and O–H groups in total. The molecule has 0 atom stereocenters. The molecule has 7 heteroatoms. The fourth-order valence-electron chi connectivity index (χ4n) is 2.41. The summed E-state index contributed by atoms with van der Waals surface area (Å²) in [5.41, 5.74) is 2.64. The van der Waals surface area contributed by atoms with Crippen molar-refractivity contribution >= 4 is 41.3 Å². The Labute approximate surface area is 180 Å². The molecule has 0 aliphatic heterocycles. The van der Waals surface area contributed by atoms with Crippen LogP contribution in [0.25, 0.3) is 10.6 Å². The smallest absolute Gasteiger partial charge is 0.191 e. The highest BCUT2D eigenvalue weighted by Crippen LogP contribution is 2.23. The topological polar surface area (TPSA) is 49.3 Å². The molecule has 1 aromatic heterocycles. The molecule has 0 bridgehead atoms. The van der Waals surface area contributed by atoms with E-state index in [2.05, 4.69) is 32.7 Å². The van der Waals surface area contributed by atoms with E-state index in [0.717, 1.165) is 22.8 Å². The third-order valence-corrected chi connectivity index (χ3v) is 4.66. The van der Waals surface area contributed by atoms with E-state index in [1.807, 2.05) is 36.6 Å². The van der Waals surface area contributed by atoms with E-state index in [1.165, 1.54) is 6.07 Å². The van der Waals surface area contributed by atoms with Gasteiger partial charge in [-0.2, -0.15) is 0 Å². The van der Waals surface area contributed by atoms with Crippen LogP contribution in [0.15, 0.2) is 65.0 Å². The molecular formula is C20H22FIN4S. The van der Waals surface area contributed by atoms with Crippen molar-refractivity contribution in [3.63, 3.8) is 0 Å². The maximum atomic E-state index is 13.7. The van der Waals surface area contributed by atoms with Gasteiger partial charge in [0.1, 0.15) is 10.8 Å². The average Bonchev–Trinajstić information content (AvgIpc) is 3.15. The molecule has 2 aromatic carbocycles. The number of benzene rings is 2. The quantitative estimate of drug-likeness (QED) is 0.292. The number of hydrogen-bond donors (Lipinski definition) is 2. The Hall–Kier alpha value is -2.00. The first kappa shape index (κ1) is 21.3. The minimum atomic E-state index is -0.237. The van der Waals surface area contributed by atoms with Crippen molar-refractivity contribution in [2.75, 3.05) is 6.54 Å². The lowest BCUT2D eigenvalue weighted by Gasteiger charge is -2.10. The van der Waals surface area contributed by atoms with Gasteiger partial charge in [0.2, 0.25) is 0 Å². The van der Waals surface area contributed by atoms with Crippen LogP contribution in [0.2, 0.25) is 0 Å². The Kier molecular flexibility index (Phi) is 8.66. The van der Waals surface area contributed by atoms with Crippen molar-refractivity contribution < 1.29 is 4.39 Å². The summed E-state index contributed by atoms with van der Waals surface area (Å²) in [5.74, 6) is 0.407. The van der Waals surface area contributed by atoms with E-state index in [1.54, 1.807) is 23.5 Å². The zero-order valence-electron chi connectivity index (χ0n) is 15.0. The molecule has 0 fully saturated rings. The number of aromatic nitrogens is 1. The van der Waals surface area contributed by atoms with Gasteiger partial charge in [-0.1, -0.05) is 48.5 Å². The summed E-state index contributed by atoms with van der Waals surface area (Å²) in [5, 5.41) is 9.46. The Morgan fingerprint density at radius 3 is 2.56 bits per heavy atom. The van der Waals surface area contributed by atoms with E-state index in [9.17, 15) is 4.39 Å². The van der Waals surface area contributed by atoms with E-state index in [4.69, 9.17) is 0 Å². The number of nitrogens with zero attached hydrogens (tertiary/aromatic N) is 2. The van der Waals surface area contributed by atoms with Crippen molar-refractivity contribution in [3.05, 3.63) is 77.1 Å². The Balaban J connectivity index is 0.00000261. The summed E-state index contributed by atoms with van der Waals surface area (Å²) >= 11 is 1.62. The third-order valence-electron chi connectivity index (χ3n) is 3.72. The highest BCUT2D eigenvalue weighted by atomic mass is 127. The molecule has 3 rings (SSSR count). The summed E-state index contributed by atoms with van der Waals surface area (Å²) in [6, 6.07) is 16.8. The second-order valence-electron chi connectivity index (χ2n) is 5.65. The van der Waals surface area contributed by atoms with Gasteiger partial charge in [0.25, 0.3) is 0 Å². The third kappa shape index (κ3) is 6.28. The van der Waals surface area contributed by atoms with Crippen LogP contribution in [-0.4, -0.2) is 17.5 Å².